The van der Waals surface area contributed by atoms with Gasteiger partial charge in [-0.3, -0.25) is 9.59 Å². The number of hydrogen-bond donors (Lipinski definition) is 0. The molecule has 0 atom stereocenters. The molecule has 0 unspecified atom stereocenters. The van der Waals surface area contributed by atoms with E-state index in [4.69, 9.17) is 0 Å². The molecule has 0 N–H and O–H groups in total. The number of esters is 2. The van der Waals surface area contributed by atoms with E-state index in [1.54, 1.807) is 27.7 Å². The zero-order valence-electron chi connectivity index (χ0n) is 22.5. The first-order chi connectivity index (χ1) is 16.4. The summed E-state index contributed by atoms with van der Waals surface area (Å²) < 4.78 is 13.6. The van der Waals surface area contributed by atoms with Gasteiger partial charge in [0.05, 0.1) is 26.1 Å². The van der Waals surface area contributed by atoms with Crippen molar-refractivity contribution in [2.24, 2.45) is 0 Å². The Morgan fingerprint density at radius 3 is 1.31 bits per heavy atom. The molecule has 0 saturated carbocycles. The van der Waals surface area contributed by atoms with Gasteiger partial charge in [0.25, 0.3) is 0 Å². The number of rotatable bonds is 10. The number of hydrogen-bond acceptors (Lipinski definition) is 9. The minimum atomic E-state index is -0.359. The van der Waals surface area contributed by atoms with Crippen LogP contribution >= 0.6 is 23.5 Å². The molecule has 0 aromatic rings. The second-order valence-corrected chi connectivity index (χ2v) is 8.04. The Kier molecular flexibility index (Phi) is 43.9. The van der Waals surface area contributed by atoms with Crippen molar-refractivity contribution in [3.63, 3.8) is 0 Å². The molecular weight excluding hydrogens is 488 g/mol. The van der Waals surface area contributed by atoms with Crippen molar-refractivity contribution in [1.29, 1.82) is 0 Å². The molecule has 0 rings (SSSR count). The van der Waals surface area contributed by atoms with Crippen LogP contribution in [0.25, 0.3) is 0 Å². The van der Waals surface area contributed by atoms with Gasteiger partial charge in [-0.2, -0.15) is 0 Å². The molecule has 0 radical (unpaired) electrons. The molecule has 0 fully saturated rings. The molecule has 0 aliphatic carbocycles. The van der Waals surface area contributed by atoms with E-state index in [1.807, 2.05) is 20.8 Å². The molecule has 0 heterocycles. The molecule has 0 bridgehead atoms. The quantitative estimate of drug-likeness (QED) is 0.182. The predicted octanol–water partition coefficient (Wildman–Crippen LogP) is 6.32. The Labute approximate surface area is 221 Å². The average Bonchev–Trinajstić information content (AvgIpc) is 2.81. The fraction of sp³-hybridized carbons (Fsp3) is 0.462. The van der Waals surface area contributed by atoms with E-state index >= 15 is 0 Å². The monoisotopic (exact) mass is 532 g/mol. The highest BCUT2D eigenvalue weighted by Gasteiger charge is 1.98. The first kappa shape index (κ1) is 42.6. The Morgan fingerprint density at radius 2 is 1.20 bits per heavy atom. The van der Waals surface area contributed by atoms with Crippen LogP contribution in [0.5, 0.6) is 0 Å². The molecule has 0 aromatic carbocycles. The molecule has 0 spiro atoms. The van der Waals surface area contributed by atoms with Crippen molar-refractivity contribution in [3.05, 3.63) is 62.5 Å². The number of thioether (sulfide) groups is 2. The van der Waals surface area contributed by atoms with Crippen LogP contribution in [0, 0.1) is 0 Å². The van der Waals surface area contributed by atoms with Crippen LogP contribution in [0.15, 0.2) is 62.5 Å². The first-order valence-electron chi connectivity index (χ1n) is 10.9. The second-order valence-electron chi connectivity index (χ2n) is 5.54. The maximum atomic E-state index is 10.6. The van der Waals surface area contributed by atoms with Gasteiger partial charge in [-0.1, -0.05) is 70.3 Å². The van der Waals surface area contributed by atoms with Crippen LogP contribution in [-0.2, 0) is 33.4 Å². The lowest BCUT2D eigenvalue weighted by Gasteiger charge is -1.96. The van der Waals surface area contributed by atoms with Gasteiger partial charge in [0.2, 0.25) is 10.2 Å². The molecule has 0 aliphatic heterocycles. The summed E-state index contributed by atoms with van der Waals surface area (Å²) >= 11 is 2.58. The van der Waals surface area contributed by atoms with Crippen LogP contribution in [0.4, 0.5) is 0 Å². The molecule has 0 saturated heterocycles. The summed E-state index contributed by atoms with van der Waals surface area (Å²) in [5.41, 5.74) is 1.09. The Morgan fingerprint density at radius 1 is 0.714 bits per heavy atom. The highest BCUT2D eigenvalue weighted by molar-refractivity contribution is 8.14. The third-order valence-corrected chi connectivity index (χ3v) is 4.08. The first-order valence-corrected chi connectivity index (χ1v) is 12.8. The Hall–Kier alpha value is -2.52. The molecule has 202 valence electrons. The largest absolute Gasteiger partial charge is 0.502 e. The van der Waals surface area contributed by atoms with Crippen molar-refractivity contribution >= 4 is 45.7 Å². The SMILES string of the molecule is C=C(C)C(=O)OCC.C=C(C)C(=O)SCC.C=CC(=O)OCC.C=CC(=O)SCC.C=COCC. The predicted molar refractivity (Wildman–Crippen MR) is 151 cm³/mol. The number of carbonyl (C=O) groups is 4. The van der Waals surface area contributed by atoms with Crippen LogP contribution in [0.3, 0.4) is 0 Å². The van der Waals surface area contributed by atoms with Crippen LogP contribution in [0.1, 0.15) is 48.5 Å². The third-order valence-electron chi connectivity index (χ3n) is 2.44. The lowest BCUT2D eigenvalue weighted by molar-refractivity contribution is -0.138. The molecular formula is C26H44O7S2. The number of ether oxygens (including phenoxy) is 3. The van der Waals surface area contributed by atoms with E-state index < -0.39 is 0 Å². The van der Waals surface area contributed by atoms with Crippen LogP contribution < -0.4 is 0 Å². The lowest BCUT2D eigenvalue weighted by atomic mass is 10.4. The minimum absolute atomic E-state index is 0.0579. The molecule has 0 aromatic heterocycles. The summed E-state index contributed by atoms with van der Waals surface area (Å²) in [4.78, 5) is 41.4. The molecule has 0 amide bonds. The van der Waals surface area contributed by atoms with Gasteiger partial charge in [-0.15, -0.1) is 0 Å². The van der Waals surface area contributed by atoms with E-state index in [-0.39, 0.29) is 22.2 Å². The minimum Gasteiger partial charge on any atom is -0.502 e. The summed E-state index contributed by atoms with van der Waals surface area (Å²) in [7, 11) is 0. The zero-order chi connectivity index (χ0) is 28.7. The van der Waals surface area contributed by atoms with Crippen molar-refractivity contribution in [3.8, 4) is 0 Å². The van der Waals surface area contributed by atoms with Crippen molar-refractivity contribution in [2.75, 3.05) is 31.3 Å². The maximum Gasteiger partial charge on any atom is 0.333 e. The highest BCUT2D eigenvalue weighted by Crippen LogP contribution is 2.06. The van der Waals surface area contributed by atoms with Crippen molar-refractivity contribution in [2.45, 2.75) is 48.5 Å². The summed E-state index contributed by atoms with van der Waals surface area (Å²) in [5, 5.41) is 0.162. The Bertz CT molecular complexity index is 592. The summed E-state index contributed by atoms with van der Waals surface area (Å²) in [6.07, 6.45) is 3.90. The van der Waals surface area contributed by atoms with Crippen LogP contribution in [0.2, 0.25) is 0 Å². The fourth-order valence-electron chi connectivity index (χ4n) is 1.03. The summed E-state index contributed by atoms with van der Waals surface area (Å²) in [5.74, 6) is 1.01. The number of carbonyl (C=O) groups excluding carboxylic acids is 4. The normalized spacial score (nSPS) is 7.97. The van der Waals surface area contributed by atoms with Gasteiger partial charge in [0.1, 0.15) is 0 Å². The van der Waals surface area contributed by atoms with Gasteiger partial charge >= 0.3 is 11.9 Å². The topological polar surface area (TPSA) is 96.0 Å². The Balaban J connectivity index is -0.000000108. The maximum absolute atomic E-state index is 10.6. The summed E-state index contributed by atoms with van der Waals surface area (Å²) in [6.45, 7) is 31.0. The molecule has 0 aliphatic rings. The van der Waals surface area contributed by atoms with Gasteiger partial charge in [-0.25, -0.2) is 9.59 Å². The lowest BCUT2D eigenvalue weighted by Crippen LogP contribution is -2.03. The van der Waals surface area contributed by atoms with Gasteiger partial charge in [0, 0.05) is 11.6 Å². The van der Waals surface area contributed by atoms with Gasteiger partial charge < -0.3 is 14.2 Å². The fourth-order valence-corrected chi connectivity index (χ4v) is 1.94. The standard InChI is InChI=1S/C6H10O2.C6H10OS.C5H8O2.C5H8OS.C4H8O/c2*1-4-8-6(7)5(2)3;2*1-3-5(6)7-4-2;1-3-5-4-2/h2*2,4H2,1,3H3;2*3H,1,4H2,2H3;3H,1,4H2,2H3. The van der Waals surface area contributed by atoms with E-state index in [1.165, 1.54) is 35.9 Å². The average molecular weight is 533 g/mol. The summed E-state index contributed by atoms with van der Waals surface area (Å²) in [6, 6.07) is 0. The zero-order valence-corrected chi connectivity index (χ0v) is 24.1. The van der Waals surface area contributed by atoms with Gasteiger partial charge in [-0.05, 0) is 57.8 Å². The molecule has 7 nitrogen and oxygen atoms in total. The van der Waals surface area contributed by atoms with Crippen molar-refractivity contribution < 1.29 is 33.4 Å². The molecule has 9 heteroatoms. The highest BCUT2D eigenvalue weighted by atomic mass is 32.2. The van der Waals surface area contributed by atoms with E-state index in [9.17, 15) is 19.2 Å². The van der Waals surface area contributed by atoms with E-state index in [0.717, 1.165) is 24.2 Å². The third kappa shape index (κ3) is 49.6. The van der Waals surface area contributed by atoms with E-state index in [2.05, 4.69) is 47.1 Å². The van der Waals surface area contributed by atoms with E-state index in [0.29, 0.717) is 24.4 Å². The van der Waals surface area contributed by atoms with Gasteiger partial charge in [0.15, 0.2) is 0 Å². The molecule has 35 heavy (non-hydrogen) atoms. The van der Waals surface area contributed by atoms with Crippen LogP contribution in [-0.4, -0.2) is 53.5 Å². The smallest absolute Gasteiger partial charge is 0.333 e. The second kappa shape index (κ2) is 36.1. The van der Waals surface area contributed by atoms with Crippen molar-refractivity contribution in [1.82, 2.24) is 0 Å².